The monoisotopic (exact) mass is 374 g/mol. The van der Waals surface area contributed by atoms with Gasteiger partial charge in [-0.3, -0.25) is 10.1 Å². The number of likely N-dealkylation sites (tertiary alicyclic amines) is 1. The van der Waals surface area contributed by atoms with Gasteiger partial charge in [0.05, 0.1) is 4.92 Å². The Bertz CT molecular complexity index is 699. The molecule has 1 radical (unpaired) electrons. The van der Waals surface area contributed by atoms with Gasteiger partial charge < -0.3 is 9.88 Å². The van der Waals surface area contributed by atoms with Crippen LogP contribution in [0.2, 0.25) is 18.1 Å². The molecule has 143 valence electrons. The molecule has 0 spiro atoms. The van der Waals surface area contributed by atoms with E-state index >= 15 is 0 Å². The van der Waals surface area contributed by atoms with Crippen LogP contribution in [0.4, 0.5) is 5.69 Å². The number of rotatable bonds is 5. The minimum absolute atomic E-state index is 0.137. The Balaban J connectivity index is 0.000000298. The Morgan fingerprint density at radius 3 is 2.31 bits per heavy atom. The van der Waals surface area contributed by atoms with Crippen LogP contribution in [0.3, 0.4) is 0 Å². The highest BCUT2D eigenvalue weighted by atomic mass is 28.3. The molecule has 6 heteroatoms. The van der Waals surface area contributed by atoms with Gasteiger partial charge in [-0.25, -0.2) is 0 Å². The first-order chi connectivity index (χ1) is 12.5. The molecule has 0 bridgehead atoms. The summed E-state index contributed by atoms with van der Waals surface area (Å²) in [4.78, 5) is 16.1. The molecular weight excluding hydrogens is 342 g/mol. The van der Waals surface area contributed by atoms with Gasteiger partial charge in [-0.1, -0.05) is 38.9 Å². The summed E-state index contributed by atoms with van der Waals surface area (Å²) in [5.41, 5.74) is 2.38. The molecule has 1 fully saturated rings. The lowest BCUT2D eigenvalue weighted by Gasteiger charge is -2.28. The minimum Gasteiger partial charge on any atom is -0.361 e. The lowest BCUT2D eigenvalue weighted by Crippen LogP contribution is -2.29. The fraction of sp³-hybridized carbons (Fsp3) is 0.600. The third-order valence-electron chi connectivity index (χ3n) is 5.57. The molecule has 0 unspecified atom stereocenters. The molecule has 26 heavy (non-hydrogen) atoms. The fourth-order valence-corrected chi connectivity index (χ4v) is 5.15. The molecule has 1 N–H and O–H groups in total. The smallest absolute Gasteiger partial charge is 0.270 e. The number of non-ortho nitro benzene ring substituents is 1. The Labute approximate surface area is 158 Å². The van der Waals surface area contributed by atoms with Crippen LogP contribution in [0.1, 0.15) is 45.1 Å². The van der Waals surface area contributed by atoms with Crippen molar-refractivity contribution in [3.63, 3.8) is 0 Å². The van der Waals surface area contributed by atoms with Crippen LogP contribution in [0.25, 0.3) is 10.9 Å². The number of aromatic amines is 1. The summed E-state index contributed by atoms with van der Waals surface area (Å²) in [6.07, 6.45) is 4.25. The van der Waals surface area contributed by atoms with E-state index in [2.05, 4.69) is 37.7 Å². The van der Waals surface area contributed by atoms with Gasteiger partial charge in [0.2, 0.25) is 0 Å². The van der Waals surface area contributed by atoms with Crippen molar-refractivity contribution in [2.45, 2.75) is 57.7 Å². The summed E-state index contributed by atoms with van der Waals surface area (Å²) >= 11 is 0. The molecule has 5 nitrogen and oxygen atoms in total. The van der Waals surface area contributed by atoms with E-state index in [1.807, 2.05) is 6.20 Å². The summed E-state index contributed by atoms with van der Waals surface area (Å²) < 4.78 is 0. The summed E-state index contributed by atoms with van der Waals surface area (Å²) in [7, 11) is 2.27. The van der Waals surface area contributed by atoms with Crippen LogP contribution < -0.4 is 0 Å². The van der Waals surface area contributed by atoms with Gasteiger partial charge >= 0.3 is 0 Å². The number of nitrogens with zero attached hydrogens (tertiary/aromatic N) is 2. The van der Waals surface area contributed by atoms with E-state index in [-0.39, 0.29) is 19.4 Å². The molecule has 0 aliphatic carbocycles. The first-order valence-electron chi connectivity index (χ1n) is 9.77. The summed E-state index contributed by atoms with van der Waals surface area (Å²) in [5, 5.41) is 11.9. The topological polar surface area (TPSA) is 62.2 Å². The van der Waals surface area contributed by atoms with Gasteiger partial charge in [0, 0.05) is 38.0 Å². The SMILES string of the molecule is CC[Si](CC)CC.CN1CCC(c2c[nH]c3ccc([N+](=O)[O-])cc23)CC1. The summed E-state index contributed by atoms with van der Waals surface area (Å²) in [5.74, 6) is 0.506. The lowest BCUT2D eigenvalue weighted by molar-refractivity contribution is -0.384. The van der Waals surface area contributed by atoms with Gasteiger partial charge in [-0.2, -0.15) is 0 Å². The standard InChI is InChI=1S/C14H17N3O2.C6H15Si/c1-16-6-4-10(5-7-16)13-9-15-14-3-2-11(17(18)19)8-12(13)14;1-4-7(5-2)6-3/h2-3,8-10,15H,4-7H2,1H3;4-6H2,1-3H3. The molecule has 0 atom stereocenters. The van der Waals surface area contributed by atoms with Crippen LogP contribution in [0.15, 0.2) is 24.4 Å². The van der Waals surface area contributed by atoms with E-state index in [9.17, 15) is 10.1 Å². The molecule has 0 amide bonds. The van der Waals surface area contributed by atoms with E-state index in [0.717, 1.165) is 36.8 Å². The number of H-pyrrole nitrogens is 1. The number of aromatic nitrogens is 1. The average molecular weight is 375 g/mol. The highest BCUT2D eigenvalue weighted by Gasteiger charge is 2.21. The van der Waals surface area contributed by atoms with E-state index in [1.54, 1.807) is 18.2 Å². The van der Waals surface area contributed by atoms with Crippen LogP contribution in [0.5, 0.6) is 0 Å². The normalized spacial score (nSPS) is 15.9. The Morgan fingerprint density at radius 2 is 1.81 bits per heavy atom. The second-order valence-electron chi connectivity index (χ2n) is 7.12. The first-order valence-corrected chi connectivity index (χ1v) is 11.9. The van der Waals surface area contributed by atoms with E-state index in [1.165, 1.54) is 23.7 Å². The summed E-state index contributed by atoms with van der Waals surface area (Å²) in [6, 6.07) is 9.41. The van der Waals surface area contributed by atoms with Crippen molar-refractivity contribution < 1.29 is 4.92 Å². The molecule has 1 aromatic carbocycles. The molecule has 2 aromatic rings. The Kier molecular flexibility index (Phi) is 7.84. The molecule has 1 aliphatic heterocycles. The highest BCUT2D eigenvalue weighted by Crippen LogP contribution is 2.34. The summed E-state index contributed by atoms with van der Waals surface area (Å²) in [6.45, 7) is 9.10. The fourth-order valence-electron chi connectivity index (χ4n) is 3.65. The van der Waals surface area contributed by atoms with Gasteiger partial charge in [0.1, 0.15) is 0 Å². The second kappa shape index (κ2) is 9.88. The lowest BCUT2D eigenvalue weighted by atomic mass is 9.89. The van der Waals surface area contributed by atoms with Crippen LogP contribution in [-0.2, 0) is 0 Å². The number of nitro benzene ring substituents is 1. The van der Waals surface area contributed by atoms with Crippen molar-refractivity contribution in [2.75, 3.05) is 20.1 Å². The zero-order valence-corrected chi connectivity index (χ0v) is 17.5. The third kappa shape index (κ3) is 5.17. The molecule has 3 rings (SSSR count). The van der Waals surface area contributed by atoms with E-state index in [0.29, 0.717) is 5.92 Å². The van der Waals surface area contributed by atoms with Gasteiger partial charge in [-0.05, 0) is 50.5 Å². The second-order valence-corrected chi connectivity index (χ2v) is 10.7. The van der Waals surface area contributed by atoms with E-state index < -0.39 is 0 Å². The molecule has 1 aliphatic rings. The number of benzene rings is 1. The molecule has 2 heterocycles. The van der Waals surface area contributed by atoms with Crippen LogP contribution in [-0.4, -0.2) is 43.7 Å². The van der Waals surface area contributed by atoms with Crippen molar-refractivity contribution in [1.29, 1.82) is 0 Å². The van der Waals surface area contributed by atoms with Crippen molar-refractivity contribution in [2.24, 2.45) is 0 Å². The quantitative estimate of drug-likeness (QED) is 0.431. The first kappa shape index (κ1) is 20.6. The van der Waals surface area contributed by atoms with Gasteiger partial charge in [-0.15, -0.1) is 0 Å². The van der Waals surface area contributed by atoms with E-state index in [4.69, 9.17) is 0 Å². The molecule has 1 saturated heterocycles. The zero-order valence-electron chi connectivity index (χ0n) is 16.5. The Hall–Kier alpha value is -1.66. The van der Waals surface area contributed by atoms with Crippen molar-refractivity contribution in [3.8, 4) is 0 Å². The van der Waals surface area contributed by atoms with Crippen molar-refractivity contribution >= 4 is 25.4 Å². The largest absolute Gasteiger partial charge is 0.361 e. The maximum absolute atomic E-state index is 10.9. The highest BCUT2D eigenvalue weighted by molar-refractivity contribution is 6.58. The van der Waals surface area contributed by atoms with Crippen LogP contribution >= 0.6 is 0 Å². The number of hydrogen-bond acceptors (Lipinski definition) is 3. The maximum Gasteiger partial charge on any atom is 0.270 e. The van der Waals surface area contributed by atoms with Crippen molar-refractivity contribution in [1.82, 2.24) is 9.88 Å². The number of piperidine rings is 1. The van der Waals surface area contributed by atoms with Gasteiger partial charge in [0.25, 0.3) is 5.69 Å². The molecular formula is C20H32N3O2Si. The third-order valence-corrected chi connectivity index (χ3v) is 8.57. The van der Waals surface area contributed by atoms with Gasteiger partial charge in [0.15, 0.2) is 0 Å². The predicted molar refractivity (Wildman–Crippen MR) is 112 cm³/mol. The average Bonchev–Trinajstić information content (AvgIpc) is 3.07. The molecule has 0 saturated carbocycles. The maximum atomic E-state index is 10.9. The number of nitrogens with one attached hydrogen (secondary N) is 1. The van der Waals surface area contributed by atoms with Crippen molar-refractivity contribution in [3.05, 3.63) is 40.1 Å². The number of hydrogen-bond donors (Lipinski definition) is 1. The predicted octanol–water partition coefficient (Wildman–Crippen LogP) is 5.43. The number of fused-ring (bicyclic) bond motifs is 1. The molecule has 1 aromatic heterocycles. The number of nitro groups is 1. The van der Waals surface area contributed by atoms with Crippen LogP contribution in [0, 0.1) is 10.1 Å². The Morgan fingerprint density at radius 1 is 1.19 bits per heavy atom. The zero-order chi connectivity index (χ0) is 19.1. The minimum atomic E-state index is -0.329.